The maximum atomic E-state index is 12.5. The summed E-state index contributed by atoms with van der Waals surface area (Å²) in [6.07, 6.45) is -3.37. The lowest BCUT2D eigenvalue weighted by atomic mass is 10.2. The van der Waals surface area contributed by atoms with E-state index in [2.05, 4.69) is 15.2 Å². The van der Waals surface area contributed by atoms with Crippen molar-refractivity contribution in [2.24, 2.45) is 0 Å². The normalized spacial score (nSPS) is 11.3. The highest BCUT2D eigenvalue weighted by Gasteiger charge is 2.32. The van der Waals surface area contributed by atoms with Crippen molar-refractivity contribution in [2.45, 2.75) is 19.8 Å². The number of nitrogens with zero attached hydrogens (tertiary/aromatic N) is 2. The molecule has 3 rings (SSSR count). The minimum absolute atomic E-state index is 0.110. The number of carbonyl (C=O) groups is 1. The van der Waals surface area contributed by atoms with E-state index in [1.807, 2.05) is 30.3 Å². The zero-order valence-electron chi connectivity index (χ0n) is 14.3. The predicted octanol–water partition coefficient (Wildman–Crippen LogP) is 4.01. The molecule has 0 aliphatic carbocycles. The van der Waals surface area contributed by atoms with Crippen LogP contribution in [0.2, 0.25) is 0 Å². The Hall–Kier alpha value is -3.29. The van der Waals surface area contributed by atoms with Crippen LogP contribution in [-0.2, 0) is 6.54 Å². The van der Waals surface area contributed by atoms with Gasteiger partial charge in [-0.1, -0.05) is 36.4 Å². The van der Waals surface area contributed by atoms with E-state index in [4.69, 9.17) is 0 Å². The molecule has 1 heterocycles. The molecule has 0 fully saturated rings. The summed E-state index contributed by atoms with van der Waals surface area (Å²) in [7, 11) is 0. The van der Waals surface area contributed by atoms with Crippen molar-refractivity contribution >= 4 is 5.91 Å². The van der Waals surface area contributed by atoms with Crippen LogP contribution in [0.5, 0.6) is 5.75 Å². The smallest absolute Gasteiger partial charge is 0.405 e. The summed E-state index contributed by atoms with van der Waals surface area (Å²) in [6, 6.07) is 15.0. The Labute approximate surface area is 153 Å². The van der Waals surface area contributed by atoms with Crippen LogP contribution in [-0.4, -0.2) is 22.1 Å². The Balaban J connectivity index is 1.74. The molecule has 0 saturated carbocycles. The third kappa shape index (κ3) is 4.46. The number of aromatic nitrogens is 2. The highest BCUT2D eigenvalue weighted by Crippen LogP contribution is 2.26. The molecule has 0 radical (unpaired) electrons. The number of hydrogen-bond acceptors (Lipinski definition) is 3. The first kappa shape index (κ1) is 18.5. The summed E-state index contributed by atoms with van der Waals surface area (Å²) in [6.45, 7) is 1.64. The minimum Gasteiger partial charge on any atom is -0.405 e. The summed E-state index contributed by atoms with van der Waals surface area (Å²) in [5.41, 5.74) is 1.99. The first-order chi connectivity index (χ1) is 12.8. The van der Waals surface area contributed by atoms with Gasteiger partial charge in [0.1, 0.15) is 5.75 Å². The van der Waals surface area contributed by atoms with E-state index in [1.165, 1.54) is 24.4 Å². The van der Waals surface area contributed by atoms with Gasteiger partial charge in [0.05, 0.1) is 23.1 Å². The van der Waals surface area contributed by atoms with Crippen molar-refractivity contribution in [1.82, 2.24) is 15.1 Å². The number of para-hydroxylation sites is 2. The number of ether oxygens (including phenoxy) is 1. The van der Waals surface area contributed by atoms with Gasteiger partial charge in [-0.25, -0.2) is 4.68 Å². The third-order valence-electron chi connectivity index (χ3n) is 3.89. The lowest BCUT2D eigenvalue weighted by molar-refractivity contribution is -0.274. The maximum Gasteiger partial charge on any atom is 0.573 e. The van der Waals surface area contributed by atoms with E-state index in [-0.39, 0.29) is 17.9 Å². The average molecular weight is 375 g/mol. The molecule has 0 atom stereocenters. The zero-order valence-corrected chi connectivity index (χ0v) is 14.3. The van der Waals surface area contributed by atoms with Crippen LogP contribution in [0.25, 0.3) is 5.69 Å². The molecule has 0 bridgehead atoms. The number of halogens is 3. The second kappa shape index (κ2) is 7.53. The number of hydrogen-bond donors (Lipinski definition) is 1. The summed E-state index contributed by atoms with van der Waals surface area (Å²) in [5, 5.41) is 6.82. The maximum absolute atomic E-state index is 12.5. The van der Waals surface area contributed by atoms with Crippen LogP contribution >= 0.6 is 0 Å². The Morgan fingerprint density at radius 3 is 2.48 bits per heavy atom. The lowest BCUT2D eigenvalue weighted by Gasteiger charge is -2.13. The van der Waals surface area contributed by atoms with Crippen molar-refractivity contribution in [3.63, 3.8) is 0 Å². The quantitative estimate of drug-likeness (QED) is 0.733. The van der Waals surface area contributed by atoms with E-state index in [1.54, 1.807) is 17.7 Å². The van der Waals surface area contributed by atoms with E-state index < -0.39 is 12.3 Å². The Morgan fingerprint density at radius 1 is 1.11 bits per heavy atom. The molecule has 1 aromatic heterocycles. The van der Waals surface area contributed by atoms with Gasteiger partial charge in [0.15, 0.2) is 0 Å². The van der Waals surface area contributed by atoms with Crippen LogP contribution in [0.1, 0.15) is 21.6 Å². The molecule has 0 unspecified atom stereocenters. The second-order valence-corrected chi connectivity index (χ2v) is 5.73. The van der Waals surface area contributed by atoms with Gasteiger partial charge in [-0.15, -0.1) is 13.2 Å². The van der Waals surface area contributed by atoms with Crippen molar-refractivity contribution < 1.29 is 22.7 Å². The molecule has 0 aliphatic heterocycles. The molecule has 8 heteroatoms. The molecule has 5 nitrogen and oxygen atoms in total. The van der Waals surface area contributed by atoms with E-state index in [9.17, 15) is 18.0 Å². The molecule has 140 valence electrons. The Bertz CT molecular complexity index is 937. The fraction of sp³-hybridized carbons (Fsp3) is 0.158. The van der Waals surface area contributed by atoms with Gasteiger partial charge < -0.3 is 10.1 Å². The van der Waals surface area contributed by atoms with Crippen molar-refractivity contribution in [3.8, 4) is 11.4 Å². The number of alkyl halides is 3. The number of amides is 1. The SMILES string of the molecule is Cc1c(C(=O)NCc2ccccc2OC(F)(F)F)cnn1-c1ccccc1. The molecule has 27 heavy (non-hydrogen) atoms. The van der Waals surface area contributed by atoms with Crippen LogP contribution in [0.15, 0.2) is 60.8 Å². The molecule has 1 N–H and O–H groups in total. The zero-order chi connectivity index (χ0) is 19.4. The van der Waals surface area contributed by atoms with Gasteiger partial charge in [0, 0.05) is 12.1 Å². The Kier molecular flexibility index (Phi) is 5.16. The fourth-order valence-corrected chi connectivity index (χ4v) is 2.61. The molecule has 2 aromatic carbocycles. The summed E-state index contributed by atoms with van der Waals surface area (Å²) >= 11 is 0. The number of benzene rings is 2. The monoisotopic (exact) mass is 375 g/mol. The molecule has 0 spiro atoms. The summed E-state index contributed by atoms with van der Waals surface area (Å²) in [5.74, 6) is -0.779. The van der Waals surface area contributed by atoms with Gasteiger partial charge in [-0.3, -0.25) is 4.79 Å². The standard InChI is InChI=1S/C19H16F3N3O2/c1-13-16(12-24-25(13)15-8-3-2-4-9-15)18(26)23-11-14-7-5-6-10-17(14)27-19(20,21)22/h2-10,12H,11H2,1H3,(H,23,26). The third-order valence-corrected chi connectivity index (χ3v) is 3.89. The minimum atomic E-state index is -4.80. The van der Waals surface area contributed by atoms with E-state index >= 15 is 0 Å². The summed E-state index contributed by atoms with van der Waals surface area (Å²) < 4.78 is 43.1. The fourth-order valence-electron chi connectivity index (χ4n) is 2.61. The largest absolute Gasteiger partial charge is 0.573 e. The van der Waals surface area contributed by atoms with Gasteiger partial charge in [0.2, 0.25) is 0 Å². The van der Waals surface area contributed by atoms with Crippen LogP contribution in [0.3, 0.4) is 0 Å². The van der Waals surface area contributed by atoms with Gasteiger partial charge in [-0.2, -0.15) is 5.10 Å². The lowest BCUT2D eigenvalue weighted by Crippen LogP contribution is -2.24. The van der Waals surface area contributed by atoms with Gasteiger partial charge in [0.25, 0.3) is 5.91 Å². The van der Waals surface area contributed by atoms with Crippen LogP contribution in [0, 0.1) is 6.92 Å². The van der Waals surface area contributed by atoms with Crippen molar-refractivity contribution in [3.05, 3.63) is 77.6 Å². The highest BCUT2D eigenvalue weighted by molar-refractivity contribution is 5.95. The van der Waals surface area contributed by atoms with E-state index in [0.29, 0.717) is 11.3 Å². The Morgan fingerprint density at radius 2 is 1.78 bits per heavy atom. The van der Waals surface area contributed by atoms with Crippen molar-refractivity contribution in [2.75, 3.05) is 0 Å². The molecule has 0 aliphatic rings. The highest BCUT2D eigenvalue weighted by atomic mass is 19.4. The predicted molar refractivity (Wildman–Crippen MR) is 92.6 cm³/mol. The second-order valence-electron chi connectivity index (χ2n) is 5.73. The molecule has 1 amide bonds. The topological polar surface area (TPSA) is 56.1 Å². The number of rotatable bonds is 5. The van der Waals surface area contributed by atoms with Gasteiger partial charge in [-0.05, 0) is 25.1 Å². The molecular formula is C19H16F3N3O2. The van der Waals surface area contributed by atoms with E-state index in [0.717, 1.165) is 5.69 Å². The first-order valence-corrected chi connectivity index (χ1v) is 8.07. The van der Waals surface area contributed by atoms with Crippen LogP contribution in [0.4, 0.5) is 13.2 Å². The average Bonchev–Trinajstić information content (AvgIpc) is 3.02. The molecule has 0 saturated heterocycles. The van der Waals surface area contributed by atoms with Crippen LogP contribution < -0.4 is 10.1 Å². The number of nitrogens with one attached hydrogen (secondary N) is 1. The summed E-state index contributed by atoms with van der Waals surface area (Å²) in [4.78, 5) is 12.5. The molecular weight excluding hydrogens is 359 g/mol. The number of carbonyl (C=O) groups excluding carboxylic acids is 1. The van der Waals surface area contributed by atoms with Crippen molar-refractivity contribution in [1.29, 1.82) is 0 Å². The molecule has 3 aromatic rings. The van der Waals surface area contributed by atoms with Gasteiger partial charge >= 0.3 is 6.36 Å². The first-order valence-electron chi connectivity index (χ1n) is 8.07.